The van der Waals surface area contributed by atoms with E-state index in [0.717, 1.165) is 82.8 Å². The van der Waals surface area contributed by atoms with Crippen molar-refractivity contribution >= 4 is 33.7 Å². The van der Waals surface area contributed by atoms with Gasteiger partial charge in [0, 0.05) is 24.3 Å². The van der Waals surface area contributed by atoms with Crippen molar-refractivity contribution in [1.29, 1.82) is 0 Å². The molecule has 0 saturated heterocycles. The van der Waals surface area contributed by atoms with Crippen molar-refractivity contribution < 1.29 is 74.6 Å². The summed E-state index contributed by atoms with van der Waals surface area (Å²) in [6, 6.07) is 50.6. The molecule has 6 aromatic carbocycles. The number of halogens is 6. The molecule has 0 aliphatic heterocycles. The Bertz CT molecular complexity index is 2260. The second-order valence-electron chi connectivity index (χ2n) is 16.0. The Labute approximate surface area is 448 Å². The Balaban J connectivity index is 0.000000320. The predicted molar refractivity (Wildman–Crippen MR) is 280 cm³/mol. The summed E-state index contributed by atoms with van der Waals surface area (Å²) in [5.41, 5.74) is 0. The minimum atomic E-state index is -5.19. The molecule has 412 valence electrons. The fourth-order valence-electron chi connectivity index (χ4n) is 6.36. The van der Waals surface area contributed by atoms with Gasteiger partial charge >= 0.3 is 12.4 Å². The van der Waals surface area contributed by atoms with E-state index < -0.39 is 24.3 Å². The number of rotatable bonds is 24. The van der Waals surface area contributed by atoms with Crippen molar-refractivity contribution in [3.63, 3.8) is 0 Å². The molecular formula is C58H66F6O10S2. The molecule has 0 aromatic heterocycles. The summed E-state index contributed by atoms with van der Waals surface area (Å²) in [5, 5.41) is 17.6. The first kappa shape index (κ1) is 63.6. The highest BCUT2D eigenvalue weighted by molar-refractivity contribution is 7.97. The lowest BCUT2D eigenvalue weighted by molar-refractivity contribution is -0.344. The highest BCUT2D eigenvalue weighted by Crippen LogP contribution is 2.47. The fourth-order valence-corrected chi connectivity index (χ4v) is 10.8. The second-order valence-corrected chi connectivity index (χ2v) is 19.9. The Morgan fingerprint density at radius 1 is 0.368 bits per heavy atom. The SMILES string of the molecule is CCCOc1cc(OCCC)c([S+](c2ccccc2)c2ccccc2)c(OCCC)c1.CCCOc1cc(OCCC)c([S+](c2ccccc2)c2ccccc2)c(OCCC)c1.O=C([O-])C(F)(F)F.O=C([O-])C(F)(F)F. The lowest BCUT2D eigenvalue weighted by Gasteiger charge is -2.18. The van der Waals surface area contributed by atoms with Gasteiger partial charge in [-0.1, -0.05) is 114 Å². The number of alkyl halides is 6. The zero-order valence-electron chi connectivity index (χ0n) is 43.5. The minimum Gasteiger partial charge on any atom is -0.542 e. The Kier molecular flexibility index (Phi) is 28.5. The van der Waals surface area contributed by atoms with E-state index in [0.29, 0.717) is 39.6 Å². The molecule has 0 atom stereocenters. The van der Waals surface area contributed by atoms with Crippen molar-refractivity contribution in [2.75, 3.05) is 39.6 Å². The van der Waals surface area contributed by atoms with E-state index in [2.05, 4.69) is 163 Å². The predicted octanol–water partition coefficient (Wildman–Crippen LogP) is 12.9. The molecule has 0 spiro atoms. The normalized spacial score (nSPS) is 10.9. The van der Waals surface area contributed by atoms with Gasteiger partial charge in [0.25, 0.3) is 0 Å². The van der Waals surface area contributed by atoms with Gasteiger partial charge in [-0.05, 0) is 87.1 Å². The van der Waals surface area contributed by atoms with E-state index in [1.54, 1.807) is 0 Å². The number of carboxylic acids is 2. The number of carbonyl (C=O) groups excluding carboxylic acids is 2. The minimum absolute atomic E-state index is 0.364. The monoisotopic (exact) mass is 1100 g/mol. The molecule has 0 heterocycles. The van der Waals surface area contributed by atoms with Gasteiger partial charge in [0.05, 0.1) is 39.6 Å². The van der Waals surface area contributed by atoms with Gasteiger partial charge < -0.3 is 48.2 Å². The summed E-state index contributed by atoms with van der Waals surface area (Å²) in [6.07, 6.45) is -4.72. The maximum atomic E-state index is 10.5. The Morgan fingerprint density at radius 2 is 0.553 bits per heavy atom. The van der Waals surface area contributed by atoms with Gasteiger partial charge in [-0.2, -0.15) is 26.3 Å². The zero-order valence-corrected chi connectivity index (χ0v) is 45.1. The first-order valence-electron chi connectivity index (χ1n) is 24.8. The molecule has 0 radical (unpaired) electrons. The van der Waals surface area contributed by atoms with Gasteiger partial charge in [0.15, 0.2) is 42.6 Å². The lowest BCUT2D eigenvalue weighted by atomic mass is 10.3. The van der Waals surface area contributed by atoms with Crippen molar-refractivity contribution in [3.8, 4) is 34.5 Å². The molecule has 0 fully saturated rings. The fraction of sp³-hybridized carbons (Fsp3) is 0.345. The molecule has 0 aliphatic rings. The van der Waals surface area contributed by atoms with Crippen LogP contribution in [0.4, 0.5) is 26.3 Å². The third kappa shape index (κ3) is 21.5. The molecule has 0 saturated carbocycles. The maximum absolute atomic E-state index is 10.5. The van der Waals surface area contributed by atoms with Crippen LogP contribution in [0, 0.1) is 0 Å². The molecule has 0 bridgehead atoms. The highest BCUT2D eigenvalue weighted by Gasteiger charge is 2.38. The quantitative estimate of drug-likeness (QED) is 0.0426. The van der Waals surface area contributed by atoms with Gasteiger partial charge in [-0.25, -0.2) is 0 Å². The van der Waals surface area contributed by atoms with E-state index in [9.17, 15) is 26.3 Å². The third-order valence-corrected chi connectivity index (χ3v) is 14.2. The van der Waals surface area contributed by atoms with Crippen LogP contribution in [0.1, 0.15) is 80.1 Å². The van der Waals surface area contributed by atoms with Gasteiger partial charge in [-0.15, -0.1) is 0 Å². The number of carboxylic acid groups (broad SMARTS) is 2. The van der Waals surface area contributed by atoms with Crippen LogP contribution in [0.3, 0.4) is 0 Å². The van der Waals surface area contributed by atoms with Crippen molar-refractivity contribution in [2.45, 2.75) is 122 Å². The Morgan fingerprint density at radius 3 is 0.724 bits per heavy atom. The number of aliphatic carboxylic acids is 2. The average Bonchev–Trinajstić information content (AvgIpc) is 3.41. The van der Waals surface area contributed by atoms with E-state index in [1.165, 1.54) is 19.6 Å². The summed E-state index contributed by atoms with van der Waals surface area (Å²) in [4.78, 5) is 24.7. The second kappa shape index (κ2) is 34.1. The van der Waals surface area contributed by atoms with Crippen LogP contribution in [0.5, 0.6) is 34.5 Å². The van der Waals surface area contributed by atoms with Crippen LogP contribution < -0.4 is 38.6 Å². The number of benzene rings is 6. The van der Waals surface area contributed by atoms with Crippen LogP contribution in [0.2, 0.25) is 0 Å². The standard InChI is InChI=1S/2C27H33O3S.2C2HF3O2/c2*1-4-17-28-22-20-25(29-18-5-2)27(26(21-22)30-19-6-3)31(23-13-9-7-10-14-23)24-15-11-8-12-16-24;2*3-2(4,5)1(6)7/h2*7-16,20-21H,4-6,17-19H2,1-3H3;2*(H,6,7)/q2*+1;;/p-2. The van der Waals surface area contributed by atoms with Crippen LogP contribution in [0.15, 0.2) is 175 Å². The molecule has 10 nitrogen and oxygen atoms in total. The van der Waals surface area contributed by atoms with Crippen molar-refractivity contribution in [3.05, 3.63) is 146 Å². The molecule has 0 aliphatic carbocycles. The van der Waals surface area contributed by atoms with Crippen LogP contribution >= 0.6 is 0 Å². The molecule has 0 unspecified atom stereocenters. The smallest absolute Gasteiger partial charge is 0.430 e. The van der Waals surface area contributed by atoms with Crippen molar-refractivity contribution in [2.24, 2.45) is 0 Å². The molecular weight excluding hydrogens is 1030 g/mol. The summed E-state index contributed by atoms with van der Waals surface area (Å²) in [5.74, 6) is -1.04. The maximum Gasteiger partial charge on any atom is 0.430 e. The summed E-state index contributed by atoms with van der Waals surface area (Å²) < 4.78 is 100. The number of carbonyl (C=O) groups is 2. The first-order valence-corrected chi connectivity index (χ1v) is 27.3. The summed E-state index contributed by atoms with van der Waals surface area (Å²) in [6.45, 7) is 16.7. The number of hydrogen-bond donors (Lipinski definition) is 0. The summed E-state index contributed by atoms with van der Waals surface area (Å²) in [7, 11) is -0.728. The van der Waals surface area contributed by atoms with Crippen LogP contribution in [0.25, 0.3) is 0 Å². The van der Waals surface area contributed by atoms with Gasteiger partial charge in [0.2, 0.25) is 9.79 Å². The van der Waals surface area contributed by atoms with Crippen molar-refractivity contribution in [1.82, 2.24) is 0 Å². The topological polar surface area (TPSA) is 136 Å². The summed E-state index contributed by atoms with van der Waals surface area (Å²) >= 11 is 0. The van der Waals surface area contributed by atoms with E-state index in [1.807, 2.05) is 24.3 Å². The Hall–Kier alpha value is -6.66. The molecule has 6 aromatic rings. The molecule has 0 amide bonds. The molecule has 76 heavy (non-hydrogen) atoms. The molecule has 6 rings (SSSR count). The lowest BCUT2D eigenvalue weighted by Crippen LogP contribution is -2.37. The zero-order chi connectivity index (χ0) is 55.9. The number of hydrogen-bond acceptors (Lipinski definition) is 10. The average molecular weight is 1100 g/mol. The largest absolute Gasteiger partial charge is 0.542 e. The number of ether oxygens (including phenoxy) is 6. The highest BCUT2D eigenvalue weighted by atomic mass is 32.2. The van der Waals surface area contributed by atoms with Gasteiger partial charge in [-0.3, -0.25) is 0 Å². The molecule has 0 N–H and O–H groups in total. The van der Waals surface area contributed by atoms with Crippen LogP contribution in [-0.4, -0.2) is 63.9 Å². The van der Waals surface area contributed by atoms with Crippen LogP contribution in [-0.2, 0) is 31.4 Å². The molecule has 18 heteroatoms. The third-order valence-electron chi connectivity index (χ3n) is 9.57. The van der Waals surface area contributed by atoms with Gasteiger partial charge in [0.1, 0.15) is 45.2 Å². The van der Waals surface area contributed by atoms with E-state index >= 15 is 0 Å². The first-order chi connectivity index (χ1) is 36.4. The van der Waals surface area contributed by atoms with E-state index in [-0.39, 0.29) is 21.8 Å². The van der Waals surface area contributed by atoms with E-state index in [4.69, 9.17) is 48.2 Å².